The third kappa shape index (κ3) is 9.37. The van der Waals surface area contributed by atoms with Crippen molar-refractivity contribution in [2.75, 3.05) is 6.16 Å². The Balaban J connectivity index is 4.72. The fourth-order valence-corrected chi connectivity index (χ4v) is 18.6. The van der Waals surface area contributed by atoms with Crippen molar-refractivity contribution in [3.63, 3.8) is 0 Å². The van der Waals surface area contributed by atoms with Crippen LogP contribution in [0.4, 0.5) is 0 Å². The summed E-state index contributed by atoms with van der Waals surface area (Å²) < 4.78 is 12.8. The molecule has 0 unspecified atom stereocenters. The van der Waals surface area contributed by atoms with Crippen molar-refractivity contribution < 1.29 is 8.43 Å². The van der Waals surface area contributed by atoms with Crippen molar-refractivity contribution >= 4 is 38.3 Å². The van der Waals surface area contributed by atoms with Crippen LogP contribution in [0, 0.1) is 0 Å². The first kappa shape index (κ1) is 21.3. The van der Waals surface area contributed by atoms with Crippen molar-refractivity contribution in [3.8, 4) is 0 Å². The van der Waals surface area contributed by atoms with Gasteiger partial charge in [-0.3, -0.25) is 0 Å². The molecule has 0 atom stereocenters. The summed E-state index contributed by atoms with van der Waals surface area (Å²) in [7, 11) is -3.65. The molecule has 0 aliphatic carbocycles. The van der Waals surface area contributed by atoms with E-state index < -0.39 is 38.3 Å². The first-order valence-electron chi connectivity index (χ1n) is 8.13. The van der Waals surface area contributed by atoms with E-state index in [9.17, 15) is 0 Å². The van der Waals surface area contributed by atoms with E-state index in [-0.39, 0.29) is 0 Å². The Labute approximate surface area is 133 Å². The van der Waals surface area contributed by atoms with Gasteiger partial charge in [0.05, 0.1) is 0 Å². The molecule has 20 heavy (non-hydrogen) atoms. The molecule has 0 amide bonds. The molecule has 0 heterocycles. The van der Waals surface area contributed by atoms with Crippen LogP contribution in [0.1, 0.15) is 20.8 Å². The second kappa shape index (κ2) is 8.83. The SMILES string of the molecule is C[CH2][Ge]([CH2]C)([CH2]C)[CH2]CP(O[Si](C)(C)C)O[Si](C)(C)C. The van der Waals surface area contributed by atoms with Gasteiger partial charge in [-0.05, 0) is 0 Å². The molecule has 0 rings (SSSR count). The van der Waals surface area contributed by atoms with Crippen LogP contribution in [-0.4, -0.2) is 36.1 Å². The summed E-state index contributed by atoms with van der Waals surface area (Å²) in [5.74, 6) is 0. The molecule has 0 aromatic heterocycles. The van der Waals surface area contributed by atoms with E-state index in [0.29, 0.717) is 0 Å². The van der Waals surface area contributed by atoms with Gasteiger partial charge in [-0.25, -0.2) is 0 Å². The predicted molar refractivity (Wildman–Crippen MR) is 103 cm³/mol. The molecule has 0 fully saturated rings. The summed E-state index contributed by atoms with van der Waals surface area (Å²) in [6.07, 6.45) is 1.19. The molecule has 6 heteroatoms. The Kier molecular flexibility index (Phi) is 9.41. The maximum atomic E-state index is 6.39. The molecule has 0 aromatic carbocycles. The van der Waals surface area contributed by atoms with Crippen LogP contribution >= 0.6 is 8.38 Å². The van der Waals surface area contributed by atoms with Crippen LogP contribution in [0.5, 0.6) is 0 Å². The molecule has 0 saturated carbocycles. The van der Waals surface area contributed by atoms with Crippen LogP contribution in [0.15, 0.2) is 0 Å². The van der Waals surface area contributed by atoms with E-state index in [2.05, 4.69) is 60.1 Å². The van der Waals surface area contributed by atoms with Gasteiger partial charge in [0.1, 0.15) is 0 Å². The molecule has 0 N–H and O–H groups in total. The summed E-state index contributed by atoms with van der Waals surface area (Å²) >= 11 is -1.58. The third-order valence-corrected chi connectivity index (χ3v) is 23.5. The molecule has 0 aliphatic rings. The van der Waals surface area contributed by atoms with E-state index in [4.69, 9.17) is 8.43 Å². The van der Waals surface area contributed by atoms with Gasteiger partial charge in [0.25, 0.3) is 0 Å². The Morgan fingerprint density at radius 3 is 1.35 bits per heavy atom. The van der Waals surface area contributed by atoms with Crippen molar-refractivity contribution in [2.24, 2.45) is 0 Å². The molecule has 2 nitrogen and oxygen atoms in total. The summed E-state index contributed by atoms with van der Waals surface area (Å²) in [5.41, 5.74) is 0. The monoisotopic (exact) mass is 398 g/mol. The molecule has 122 valence electrons. The van der Waals surface area contributed by atoms with Gasteiger partial charge in [-0.2, -0.15) is 0 Å². The van der Waals surface area contributed by atoms with E-state index in [1.54, 1.807) is 0 Å². The normalized spacial score (nSPS) is 14.1. The van der Waals surface area contributed by atoms with Gasteiger partial charge in [0.15, 0.2) is 0 Å². The van der Waals surface area contributed by atoms with Gasteiger partial charge < -0.3 is 0 Å². The summed E-state index contributed by atoms with van der Waals surface area (Å²) in [5, 5.41) is 5.80. The predicted octanol–water partition coefficient (Wildman–Crippen LogP) is 6.51. The average molecular weight is 397 g/mol. The average Bonchev–Trinajstić information content (AvgIpc) is 2.27. The Morgan fingerprint density at radius 1 is 0.750 bits per heavy atom. The number of rotatable bonds is 10. The molecule has 0 spiro atoms. The van der Waals surface area contributed by atoms with Crippen LogP contribution in [-0.2, 0) is 8.43 Å². The first-order valence-corrected chi connectivity index (χ1v) is 22.2. The van der Waals surface area contributed by atoms with Crippen LogP contribution < -0.4 is 0 Å². The minimum atomic E-state index is -1.58. The quantitative estimate of drug-likeness (QED) is 0.309. The number of hydrogen-bond acceptors (Lipinski definition) is 2. The van der Waals surface area contributed by atoms with Crippen molar-refractivity contribution in [1.29, 1.82) is 0 Å². The van der Waals surface area contributed by atoms with Crippen LogP contribution in [0.3, 0.4) is 0 Å². The molecule has 0 bridgehead atoms. The second-order valence-corrected chi connectivity index (χ2v) is 30.6. The molecule has 0 aromatic rings. The van der Waals surface area contributed by atoms with Crippen molar-refractivity contribution in [3.05, 3.63) is 0 Å². The standard InChI is InChI=1S/C14H37GeO2PSi2/c1-10-15(11-2,12-3)13-14-18(16-19(4,5)6)17-20(7,8)9/h10-14H2,1-9H3. The third-order valence-electron chi connectivity index (χ3n) is 3.83. The van der Waals surface area contributed by atoms with Gasteiger partial charge in [0.2, 0.25) is 0 Å². The van der Waals surface area contributed by atoms with E-state index in [0.717, 1.165) is 0 Å². The fourth-order valence-electron chi connectivity index (χ4n) is 2.33. The Morgan fingerprint density at radius 2 is 1.10 bits per heavy atom. The molecular formula is C14H37GeO2PSi2. The van der Waals surface area contributed by atoms with E-state index in [1.807, 2.05) is 0 Å². The van der Waals surface area contributed by atoms with E-state index in [1.165, 1.54) is 27.2 Å². The van der Waals surface area contributed by atoms with Gasteiger partial charge in [-0.1, -0.05) is 0 Å². The Hall–Kier alpha value is 1.33. The second-order valence-electron chi connectivity index (χ2n) is 7.77. The van der Waals surface area contributed by atoms with Crippen LogP contribution in [0.2, 0.25) is 60.3 Å². The fraction of sp³-hybridized carbons (Fsp3) is 1.00. The zero-order valence-corrected chi connectivity index (χ0v) is 20.3. The summed E-state index contributed by atoms with van der Waals surface area (Å²) in [4.78, 5) is 0. The summed E-state index contributed by atoms with van der Waals surface area (Å²) in [6.45, 7) is 20.9. The minimum absolute atomic E-state index is 0.648. The molecular weight excluding hydrogens is 360 g/mol. The van der Waals surface area contributed by atoms with Gasteiger partial charge in [0, 0.05) is 0 Å². The van der Waals surface area contributed by atoms with Crippen molar-refractivity contribution in [2.45, 2.75) is 81.1 Å². The van der Waals surface area contributed by atoms with Crippen LogP contribution in [0.25, 0.3) is 0 Å². The molecule has 0 saturated heterocycles. The topological polar surface area (TPSA) is 18.5 Å². The van der Waals surface area contributed by atoms with E-state index >= 15 is 0 Å². The molecule has 0 aliphatic heterocycles. The maximum absolute atomic E-state index is 6.39. The Bertz CT molecular complexity index is 249. The van der Waals surface area contributed by atoms with Crippen molar-refractivity contribution in [1.82, 2.24) is 0 Å². The zero-order valence-electron chi connectivity index (χ0n) is 15.3. The first-order chi connectivity index (χ1) is 8.97. The van der Waals surface area contributed by atoms with Gasteiger partial charge in [-0.15, -0.1) is 0 Å². The van der Waals surface area contributed by atoms with Gasteiger partial charge >= 0.3 is 134 Å². The molecule has 0 radical (unpaired) electrons. The summed E-state index contributed by atoms with van der Waals surface area (Å²) in [6, 6.07) is 0. The number of hydrogen-bond donors (Lipinski definition) is 0. The zero-order chi connectivity index (χ0) is 16.0.